The summed E-state index contributed by atoms with van der Waals surface area (Å²) in [5.74, 6) is -1.68. The molecule has 0 saturated carbocycles. The number of benzene rings is 1. The van der Waals surface area contributed by atoms with Gasteiger partial charge in [0.2, 0.25) is 5.91 Å². The highest BCUT2D eigenvalue weighted by atomic mass is 16.2. The number of aromatic nitrogens is 1. The summed E-state index contributed by atoms with van der Waals surface area (Å²) in [7, 11) is 0. The summed E-state index contributed by atoms with van der Waals surface area (Å²) >= 11 is 0. The summed E-state index contributed by atoms with van der Waals surface area (Å²) in [5, 5.41) is 8.16. The molecule has 1 unspecified atom stereocenters. The second-order valence-corrected chi connectivity index (χ2v) is 4.89. The second-order valence-electron chi connectivity index (χ2n) is 4.89. The third kappa shape index (κ3) is 2.58. The van der Waals surface area contributed by atoms with Crippen LogP contribution in [-0.4, -0.2) is 22.5 Å². The van der Waals surface area contributed by atoms with E-state index in [1.165, 1.54) is 11.2 Å². The Kier molecular flexibility index (Phi) is 3.65. The summed E-state index contributed by atoms with van der Waals surface area (Å²) in [6.45, 7) is 1.67. The van der Waals surface area contributed by atoms with E-state index in [1.54, 1.807) is 37.4 Å². The van der Waals surface area contributed by atoms with Gasteiger partial charge in [0.1, 0.15) is 0 Å². The van der Waals surface area contributed by atoms with Crippen molar-refractivity contribution in [1.29, 1.82) is 0 Å². The molecule has 3 rings (SSSR count). The summed E-state index contributed by atoms with van der Waals surface area (Å²) < 4.78 is 0. The van der Waals surface area contributed by atoms with Crippen LogP contribution in [0.15, 0.2) is 60.0 Å². The van der Waals surface area contributed by atoms with Crippen molar-refractivity contribution in [2.24, 2.45) is 11.0 Å². The molecule has 0 aliphatic carbocycles. The predicted octanol–water partition coefficient (Wildman–Crippen LogP) is 2.06. The Labute approximate surface area is 127 Å². The lowest BCUT2D eigenvalue weighted by Crippen LogP contribution is -2.36. The van der Waals surface area contributed by atoms with E-state index < -0.39 is 11.8 Å². The molecule has 1 aromatic carbocycles. The van der Waals surface area contributed by atoms with E-state index in [9.17, 15) is 9.59 Å². The highest BCUT2D eigenvalue weighted by Gasteiger charge is 2.39. The number of rotatable bonds is 3. The van der Waals surface area contributed by atoms with E-state index in [-0.39, 0.29) is 5.91 Å². The molecule has 1 aliphatic heterocycles. The van der Waals surface area contributed by atoms with Crippen LogP contribution in [0, 0.1) is 5.92 Å². The number of nitrogens with zero attached hydrogens (tertiary/aromatic N) is 3. The number of carbonyl (C=O) groups is 2. The van der Waals surface area contributed by atoms with Crippen molar-refractivity contribution in [3.63, 3.8) is 0 Å². The minimum absolute atomic E-state index is 0.356. The Hall–Kier alpha value is -3.02. The quantitative estimate of drug-likeness (QED) is 0.880. The molecule has 1 N–H and O–H groups in total. The van der Waals surface area contributed by atoms with Crippen LogP contribution in [-0.2, 0) is 9.59 Å². The molecule has 0 saturated heterocycles. The van der Waals surface area contributed by atoms with Gasteiger partial charge in [0.25, 0.3) is 5.91 Å². The zero-order valence-electron chi connectivity index (χ0n) is 11.9. The van der Waals surface area contributed by atoms with E-state index in [4.69, 9.17) is 0 Å². The van der Waals surface area contributed by atoms with Crippen molar-refractivity contribution in [3.8, 4) is 0 Å². The van der Waals surface area contributed by atoms with Crippen LogP contribution in [0.1, 0.15) is 6.92 Å². The lowest BCUT2D eigenvalue weighted by atomic mass is 10.0. The van der Waals surface area contributed by atoms with Gasteiger partial charge in [0.05, 0.1) is 23.3 Å². The molecule has 1 aliphatic rings. The molecule has 2 amide bonds. The van der Waals surface area contributed by atoms with Gasteiger partial charge in [-0.25, -0.2) is 0 Å². The second kappa shape index (κ2) is 5.77. The summed E-state index contributed by atoms with van der Waals surface area (Å²) in [6.07, 6.45) is 3.14. The van der Waals surface area contributed by atoms with Gasteiger partial charge in [-0.3, -0.25) is 14.6 Å². The van der Waals surface area contributed by atoms with Gasteiger partial charge < -0.3 is 5.32 Å². The molecule has 0 spiro atoms. The van der Waals surface area contributed by atoms with Gasteiger partial charge in [0.15, 0.2) is 5.92 Å². The maximum Gasteiger partial charge on any atom is 0.265 e. The molecule has 0 fully saturated rings. The molecule has 22 heavy (non-hydrogen) atoms. The Morgan fingerprint density at radius 2 is 1.95 bits per heavy atom. The van der Waals surface area contributed by atoms with E-state index in [0.29, 0.717) is 17.1 Å². The van der Waals surface area contributed by atoms with Crippen LogP contribution in [0.25, 0.3) is 0 Å². The topological polar surface area (TPSA) is 74.7 Å². The number of hydrogen-bond acceptors (Lipinski definition) is 4. The maximum absolute atomic E-state index is 12.5. The van der Waals surface area contributed by atoms with Crippen molar-refractivity contribution in [2.45, 2.75) is 6.92 Å². The summed E-state index contributed by atoms with van der Waals surface area (Å²) in [6, 6.07) is 12.5. The fourth-order valence-electron chi connectivity index (χ4n) is 2.27. The summed E-state index contributed by atoms with van der Waals surface area (Å²) in [4.78, 5) is 28.8. The maximum atomic E-state index is 12.5. The number of nitrogens with one attached hydrogen (secondary N) is 1. The normalized spacial score (nSPS) is 17.3. The van der Waals surface area contributed by atoms with Crippen molar-refractivity contribution < 1.29 is 9.59 Å². The average Bonchev–Trinajstić information content (AvgIpc) is 2.84. The first-order valence-corrected chi connectivity index (χ1v) is 6.82. The Morgan fingerprint density at radius 3 is 2.64 bits per heavy atom. The molecular weight excluding hydrogens is 280 g/mol. The molecule has 6 heteroatoms. The standard InChI is InChI=1S/C16H14N4O2/c1-11-14(15(21)18-12-6-5-9-17-10-12)16(22)20(19-11)13-7-3-2-4-8-13/h2-10,14H,1H3,(H,18,21). The van der Waals surface area contributed by atoms with E-state index in [0.717, 1.165) is 0 Å². The largest absolute Gasteiger partial charge is 0.324 e. The molecular formula is C16H14N4O2. The fourth-order valence-corrected chi connectivity index (χ4v) is 2.27. The number of amides is 2. The van der Waals surface area contributed by atoms with E-state index >= 15 is 0 Å². The summed E-state index contributed by atoms with van der Waals surface area (Å²) in [5.41, 5.74) is 1.66. The number of anilines is 2. The third-order valence-electron chi connectivity index (χ3n) is 3.32. The fraction of sp³-hybridized carbons (Fsp3) is 0.125. The first-order valence-electron chi connectivity index (χ1n) is 6.82. The minimum atomic E-state index is -0.916. The van der Waals surface area contributed by atoms with Crippen LogP contribution >= 0.6 is 0 Å². The van der Waals surface area contributed by atoms with Gasteiger partial charge in [-0.15, -0.1) is 0 Å². The monoisotopic (exact) mass is 294 g/mol. The molecule has 1 atom stereocenters. The highest BCUT2D eigenvalue weighted by molar-refractivity contribution is 6.28. The van der Waals surface area contributed by atoms with Crippen LogP contribution in [0.4, 0.5) is 11.4 Å². The van der Waals surface area contributed by atoms with E-state index in [2.05, 4.69) is 15.4 Å². The van der Waals surface area contributed by atoms with Crippen LogP contribution in [0.2, 0.25) is 0 Å². The van der Waals surface area contributed by atoms with Crippen molar-refractivity contribution in [1.82, 2.24) is 4.98 Å². The van der Waals surface area contributed by atoms with Gasteiger partial charge in [0, 0.05) is 6.20 Å². The molecule has 2 aromatic rings. The number of pyridine rings is 1. The molecule has 0 radical (unpaired) electrons. The smallest absolute Gasteiger partial charge is 0.265 e. The third-order valence-corrected chi connectivity index (χ3v) is 3.32. The number of carbonyl (C=O) groups excluding carboxylic acids is 2. The van der Waals surface area contributed by atoms with Crippen LogP contribution in [0.3, 0.4) is 0 Å². The van der Waals surface area contributed by atoms with Gasteiger partial charge in [-0.1, -0.05) is 18.2 Å². The molecule has 0 bridgehead atoms. The number of hydrazone groups is 1. The molecule has 2 heterocycles. The average molecular weight is 294 g/mol. The Balaban J connectivity index is 1.80. The predicted molar refractivity (Wildman–Crippen MR) is 83.4 cm³/mol. The Morgan fingerprint density at radius 1 is 1.18 bits per heavy atom. The SMILES string of the molecule is CC1=NN(c2ccccc2)C(=O)C1C(=O)Nc1cccnc1. The molecule has 1 aromatic heterocycles. The number of para-hydroxylation sites is 1. The zero-order valence-corrected chi connectivity index (χ0v) is 11.9. The van der Waals surface area contributed by atoms with Crippen LogP contribution in [0.5, 0.6) is 0 Å². The van der Waals surface area contributed by atoms with Crippen molar-refractivity contribution in [2.75, 3.05) is 10.3 Å². The highest BCUT2D eigenvalue weighted by Crippen LogP contribution is 2.24. The van der Waals surface area contributed by atoms with Gasteiger partial charge in [-0.05, 0) is 31.2 Å². The van der Waals surface area contributed by atoms with Crippen molar-refractivity contribution >= 4 is 28.9 Å². The minimum Gasteiger partial charge on any atom is -0.324 e. The van der Waals surface area contributed by atoms with E-state index in [1.807, 2.05) is 18.2 Å². The lowest BCUT2D eigenvalue weighted by Gasteiger charge is -2.14. The van der Waals surface area contributed by atoms with Crippen LogP contribution < -0.4 is 10.3 Å². The first-order chi connectivity index (χ1) is 10.7. The first kappa shape index (κ1) is 13.9. The molecule has 110 valence electrons. The van der Waals surface area contributed by atoms with Gasteiger partial charge in [-0.2, -0.15) is 10.1 Å². The van der Waals surface area contributed by atoms with Gasteiger partial charge >= 0.3 is 0 Å². The Bertz CT molecular complexity index is 728. The van der Waals surface area contributed by atoms with Crippen molar-refractivity contribution in [3.05, 3.63) is 54.9 Å². The number of hydrogen-bond donors (Lipinski definition) is 1. The molecule has 6 nitrogen and oxygen atoms in total. The zero-order chi connectivity index (χ0) is 15.5. The lowest BCUT2D eigenvalue weighted by molar-refractivity contribution is -0.127.